The van der Waals surface area contributed by atoms with Gasteiger partial charge < -0.3 is 14.7 Å². The van der Waals surface area contributed by atoms with Crippen LogP contribution in [0.4, 0.5) is 4.79 Å². The van der Waals surface area contributed by atoms with Crippen molar-refractivity contribution in [3.05, 3.63) is 59.7 Å². The fourth-order valence-corrected chi connectivity index (χ4v) is 5.36. The summed E-state index contributed by atoms with van der Waals surface area (Å²) in [5, 5.41) is 9.66. The lowest BCUT2D eigenvalue weighted by Crippen LogP contribution is -2.49. The van der Waals surface area contributed by atoms with Gasteiger partial charge in [0.1, 0.15) is 6.61 Å². The number of aliphatic carboxylic acids is 1. The van der Waals surface area contributed by atoms with Crippen molar-refractivity contribution in [2.45, 2.75) is 25.2 Å². The minimum Gasteiger partial charge on any atom is -0.481 e. The van der Waals surface area contributed by atoms with Crippen molar-refractivity contribution < 1.29 is 19.4 Å². The molecule has 3 aliphatic rings. The van der Waals surface area contributed by atoms with Crippen molar-refractivity contribution in [1.29, 1.82) is 0 Å². The number of carboxylic acids is 1. The molecule has 2 fully saturated rings. The summed E-state index contributed by atoms with van der Waals surface area (Å²) in [7, 11) is 0. The Morgan fingerprint density at radius 3 is 2.36 bits per heavy atom. The molecule has 2 atom stereocenters. The van der Waals surface area contributed by atoms with Crippen molar-refractivity contribution in [1.82, 2.24) is 4.90 Å². The molecule has 0 aromatic heterocycles. The molecule has 1 N–H and O–H groups in total. The molecule has 0 spiro atoms. The number of carbonyl (C=O) groups is 2. The van der Waals surface area contributed by atoms with Crippen molar-refractivity contribution in [3.63, 3.8) is 0 Å². The van der Waals surface area contributed by atoms with Crippen molar-refractivity contribution in [2.75, 3.05) is 19.7 Å². The lowest BCUT2D eigenvalue weighted by Gasteiger charge is -2.37. The van der Waals surface area contributed by atoms with Gasteiger partial charge in [0.05, 0.1) is 5.41 Å². The maximum Gasteiger partial charge on any atom is 0.409 e. The molecule has 1 saturated heterocycles. The van der Waals surface area contributed by atoms with Gasteiger partial charge in [-0.25, -0.2) is 4.79 Å². The molecule has 5 rings (SSSR count). The molecular formula is C23H23NO4. The third-order valence-electron chi connectivity index (χ3n) is 6.73. The summed E-state index contributed by atoms with van der Waals surface area (Å²) in [4.78, 5) is 26.2. The van der Waals surface area contributed by atoms with Crippen LogP contribution in [-0.2, 0) is 9.53 Å². The fraction of sp³-hybridized carbons (Fsp3) is 0.391. The minimum absolute atomic E-state index is 0.0197. The number of amides is 1. The third-order valence-corrected chi connectivity index (χ3v) is 6.73. The number of ether oxygens (including phenoxy) is 1. The Bertz CT molecular complexity index is 910. The number of likely N-dealkylation sites (tertiary alicyclic amines) is 1. The highest BCUT2D eigenvalue weighted by Crippen LogP contribution is 2.47. The molecule has 5 nitrogen and oxygen atoms in total. The van der Waals surface area contributed by atoms with Crippen LogP contribution in [0.1, 0.15) is 36.3 Å². The molecule has 2 aromatic carbocycles. The first-order chi connectivity index (χ1) is 13.6. The third kappa shape index (κ3) is 2.60. The second-order valence-corrected chi connectivity index (χ2v) is 8.38. The van der Waals surface area contributed by atoms with Crippen LogP contribution < -0.4 is 0 Å². The van der Waals surface area contributed by atoms with E-state index in [0.29, 0.717) is 19.4 Å². The molecule has 1 amide bonds. The van der Waals surface area contributed by atoms with E-state index in [1.54, 1.807) is 4.90 Å². The highest BCUT2D eigenvalue weighted by molar-refractivity contribution is 5.79. The summed E-state index contributed by atoms with van der Waals surface area (Å²) in [5.41, 5.74) is 3.96. The van der Waals surface area contributed by atoms with E-state index in [2.05, 4.69) is 24.3 Å². The van der Waals surface area contributed by atoms with Gasteiger partial charge in [0.2, 0.25) is 0 Å². The fourth-order valence-electron chi connectivity index (χ4n) is 5.36. The standard InChI is InChI=1S/C23H23NO4/c25-21(26)23-10-9-15(11-23)12-24(14-23)22(27)28-13-20-18-7-3-1-5-16(18)17-6-2-4-8-19(17)20/h1-8,15,20H,9-14H2,(H,25,26)/t15-,23-/m0/s1. The smallest absolute Gasteiger partial charge is 0.409 e. The molecule has 28 heavy (non-hydrogen) atoms. The highest BCUT2D eigenvalue weighted by atomic mass is 16.6. The van der Waals surface area contributed by atoms with E-state index in [9.17, 15) is 14.7 Å². The first kappa shape index (κ1) is 17.3. The maximum atomic E-state index is 12.8. The molecule has 5 heteroatoms. The largest absolute Gasteiger partial charge is 0.481 e. The first-order valence-corrected chi connectivity index (χ1v) is 9.91. The number of hydrogen-bond acceptors (Lipinski definition) is 3. The molecule has 1 saturated carbocycles. The second kappa shape index (κ2) is 6.36. The summed E-state index contributed by atoms with van der Waals surface area (Å²) in [6.07, 6.45) is 1.81. The average molecular weight is 377 g/mol. The predicted molar refractivity (Wildman–Crippen MR) is 104 cm³/mol. The quantitative estimate of drug-likeness (QED) is 0.874. The Morgan fingerprint density at radius 2 is 1.71 bits per heavy atom. The van der Waals surface area contributed by atoms with E-state index in [-0.39, 0.29) is 31.1 Å². The number of carboxylic acid groups (broad SMARTS) is 1. The van der Waals surface area contributed by atoms with Gasteiger partial charge in [-0.15, -0.1) is 0 Å². The van der Waals surface area contributed by atoms with E-state index in [4.69, 9.17) is 4.74 Å². The van der Waals surface area contributed by atoms with Crippen molar-refractivity contribution in [3.8, 4) is 11.1 Å². The monoisotopic (exact) mass is 377 g/mol. The van der Waals surface area contributed by atoms with Gasteiger partial charge >= 0.3 is 12.1 Å². The lowest BCUT2D eigenvalue weighted by molar-refractivity contribution is -0.150. The number of carbonyl (C=O) groups excluding carboxylic acids is 1. The van der Waals surface area contributed by atoms with Gasteiger partial charge in [-0.05, 0) is 47.4 Å². The number of rotatable bonds is 3. The summed E-state index contributed by atoms with van der Waals surface area (Å²) >= 11 is 0. The zero-order valence-electron chi connectivity index (χ0n) is 15.6. The van der Waals surface area contributed by atoms with Gasteiger partial charge in [-0.3, -0.25) is 4.79 Å². The first-order valence-electron chi connectivity index (χ1n) is 9.91. The summed E-state index contributed by atoms with van der Waals surface area (Å²) in [6, 6.07) is 16.5. The van der Waals surface area contributed by atoms with Crippen LogP contribution in [0.5, 0.6) is 0 Å². The molecule has 144 valence electrons. The van der Waals surface area contributed by atoms with Crippen LogP contribution in [0.15, 0.2) is 48.5 Å². The number of nitrogens with zero attached hydrogens (tertiary/aromatic N) is 1. The lowest BCUT2D eigenvalue weighted by atomic mass is 9.82. The molecule has 0 unspecified atom stereocenters. The molecule has 2 aliphatic carbocycles. The van der Waals surface area contributed by atoms with Gasteiger partial charge in [0, 0.05) is 19.0 Å². The zero-order valence-corrected chi connectivity index (χ0v) is 15.6. The van der Waals surface area contributed by atoms with Crippen LogP contribution >= 0.6 is 0 Å². The van der Waals surface area contributed by atoms with Gasteiger partial charge in [0.15, 0.2) is 0 Å². The topological polar surface area (TPSA) is 66.8 Å². The van der Waals surface area contributed by atoms with Gasteiger partial charge in [-0.2, -0.15) is 0 Å². The van der Waals surface area contributed by atoms with Gasteiger partial charge in [-0.1, -0.05) is 48.5 Å². The van der Waals surface area contributed by atoms with E-state index in [1.807, 2.05) is 24.3 Å². The number of fused-ring (bicyclic) bond motifs is 5. The Kier molecular flexibility index (Phi) is 3.93. The molecule has 1 heterocycles. The molecule has 0 radical (unpaired) electrons. The SMILES string of the molecule is O=C(OCC1c2ccccc2-c2ccccc21)N1C[C@H]2CC[C@](C(=O)O)(C2)C1. The number of hydrogen-bond donors (Lipinski definition) is 1. The van der Waals surface area contributed by atoms with Crippen molar-refractivity contribution in [2.24, 2.45) is 11.3 Å². The normalized spacial score (nSPS) is 25.3. The van der Waals surface area contributed by atoms with E-state index in [1.165, 1.54) is 22.3 Å². The van der Waals surface area contributed by atoms with Crippen LogP contribution in [0.25, 0.3) is 11.1 Å². The van der Waals surface area contributed by atoms with E-state index in [0.717, 1.165) is 6.42 Å². The van der Waals surface area contributed by atoms with E-state index < -0.39 is 11.4 Å². The van der Waals surface area contributed by atoms with Crippen LogP contribution in [0, 0.1) is 11.3 Å². The van der Waals surface area contributed by atoms with Crippen molar-refractivity contribution >= 4 is 12.1 Å². The van der Waals surface area contributed by atoms with Crippen LogP contribution in [0.2, 0.25) is 0 Å². The molecule has 1 aliphatic heterocycles. The van der Waals surface area contributed by atoms with Crippen LogP contribution in [-0.4, -0.2) is 41.8 Å². The summed E-state index contributed by atoms with van der Waals surface area (Å²) in [5.74, 6) is -0.497. The van der Waals surface area contributed by atoms with Gasteiger partial charge in [0.25, 0.3) is 0 Å². The predicted octanol–water partition coefficient (Wildman–Crippen LogP) is 4.12. The van der Waals surface area contributed by atoms with Crippen LogP contribution in [0.3, 0.4) is 0 Å². The number of benzene rings is 2. The maximum absolute atomic E-state index is 12.8. The van der Waals surface area contributed by atoms with E-state index >= 15 is 0 Å². The summed E-state index contributed by atoms with van der Waals surface area (Å²) < 4.78 is 5.72. The second-order valence-electron chi connectivity index (χ2n) is 8.38. The Morgan fingerprint density at radius 1 is 1.07 bits per heavy atom. The average Bonchev–Trinajstić information content (AvgIpc) is 3.21. The Balaban J connectivity index is 1.33. The number of piperidine rings is 1. The Labute approximate surface area is 163 Å². The molecule has 2 aromatic rings. The minimum atomic E-state index is -0.786. The molecule has 2 bridgehead atoms. The summed E-state index contributed by atoms with van der Waals surface area (Å²) in [6.45, 7) is 1.13. The molecular weight excluding hydrogens is 354 g/mol. The highest BCUT2D eigenvalue weighted by Gasteiger charge is 2.51. The zero-order chi connectivity index (χ0) is 19.3. The Hall–Kier alpha value is -2.82.